The summed E-state index contributed by atoms with van der Waals surface area (Å²) in [4.78, 5) is 11.4. The zero-order valence-corrected chi connectivity index (χ0v) is 7.96. The summed E-state index contributed by atoms with van der Waals surface area (Å²) in [7, 11) is 0. The lowest BCUT2D eigenvalue weighted by atomic mass is 10.2. The van der Waals surface area contributed by atoms with E-state index in [9.17, 15) is 4.79 Å². The normalized spacial score (nSPS) is 11.3. The van der Waals surface area contributed by atoms with E-state index in [1.165, 1.54) is 12.5 Å². The minimum Gasteiger partial charge on any atom is -0.469 e. The molecule has 0 saturated carbocycles. The van der Waals surface area contributed by atoms with Crippen molar-refractivity contribution in [1.29, 1.82) is 0 Å². The van der Waals surface area contributed by atoms with Gasteiger partial charge in [-0.3, -0.25) is 0 Å². The molecule has 0 aliphatic rings. The number of hydrogen-bond donors (Lipinski definition) is 1. The highest BCUT2D eigenvalue weighted by Crippen LogP contribution is 2.17. The summed E-state index contributed by atoms with van der Waals surface area (Å²) in [5.74, 6) is -0.459. The molecule has 0 bridgehead atoms. The number of furan rings is 1. The molecule has 0 spiro atoms. The van der Waals surface area contributed by atoms with E-state index in [1.807, 2.05) is 0 Å². The third-order valence-corrected chi connectivity index (χ3v) is 1.31. The Morgan fingerprint density at radius 3 is 2.46 bits per heavy atom. The Bertz CT molecular complexity index is 309. The number of hydrogen-bond acceptors (Lipinski definition) is 4. The minimum absolute atomic E-state index is 0.273. The Labute approximate surface area is 76.7 Å². The molecule has 0 aliphatic carbocycles. The fourth-order valence-electron chi connectivity index (χ4n) is 0.806. The number of ether oxygens (including phenoxy) is 1. The van der Waals surface area contributed by atoms with E-state index in [4.69, 9.17) is 14.9 Å². The topological polar surface area (TPSA) is 65.5 Å². The summed E-state index contributed by atoms with van der Waals surface area (Å²) in [5, 5.41) is 0. The van der Waals surface area contributed by atoms with E-state index >= 15 is 0 Å². The number of carbonyl (C=O) groups is 1. The molecule has 0 atom stereocenters. The van der Waals surface area contributed by atoms with Crippen LogP contribution in [0.4, 0.5) is 5.69 Å². The average Bonchev–Trinajstić information content (AvgIpc) is 2.30. The van der Waals surface area contributed by atoms with Crippen molar-refractivity contribution in [2.75, 3.05) is 5.73 Å². The smallest absolute Gasteiger partial charge is 0.344 e. The van der Waals surface area contributed by atoms with Crippen molar-refractivity contribution in [3.05, 3.63) is 18.1 Å². The van der Waals surface area contributed by atoms with Crippen LogP contribution >= 0.6 is 0 Å². The van der Waals surface area contributed by atoms with E-state index in [-0.39, 0.29) is 5.56 Å². The molecule has 1 rings (SSSR count). The van der Waals surface area contributed by atoms with Crippen molar-refractivity contribution >= 4 is 11.7 Å². The number of rotatable bonds is 1. The molecule has 13 heavy (non-hydrogen) atoms. The second-order valence-electron chi connectivity index (χ2n) is 3.74. The molecular weight excluding hydrogens is 170 g/mol. The van der Waals surface area contributed by atoms with Gasteiger partial charge in [-0.1, -0.05) is 0 Å². The number of esters is 1. The number of nitrogen functional groups attached to an aromatic ring is 1. The Morgan fingerprint density at radius 2 is 2.08 bits per heavy atom. The quantitative estimate of drug-likeness (QED) is 0.674. The number of anilines is 1. The molecule has 1 aromatic rings. The lowest BCUT2D eigenvalue weighted by Crippen LogP contribution is -2.24. The maximum absolute atomic E-state index is 11.4. The van der Waals surface area contributed by atoms with Gasteiger partial charge in [0.05, 0.1) is 5.69 Å². The van der Waals surface area contributed by atoms with Gasteiger partial charge in [-0.2, -0.15) is 0 Å². The molecule has 4 heteroatoms. The van der Waals surface area contributed by atoms with Gasteiger partial charge in [0.15, 0.2) is 0 Å². The largest absolute Gasteiger partial charge is 0.469 e. The van der Waals surface area contributed by atoms with Gasteiger partial charge in [0.1, 0.15) is 23.7 Å². The summed E-state index contributed by atoms with van der Waals surface area (Å²) in [6.07, 6.45) is 2.59. The molecule has 0 aliphatic heterocycles. The zero-order valence-electron chi connectivity index (χ0n) is 7.96. The van der Waals surface area contributed by atoms with Crippen LogP contribution in [0.3, 0.4) is 0 Å². The summed E-state index contributed by atoms with van der Waals surface area (Å²) in [5.41, 5.74) is 5.53. The zero-order chi connectivity index (χ0) is 10.1. The highest BCUT2D eigenvalue weighted by Gasteiger charge is 2.20. The second kappa shape index (κ2) is 3.12. The fraction of sp³-hybridized carbons (Fsp3) is 0.444. The van der Waals surface area contributed by atoms with Crippen LogP contribution < -0.4 is 5.73 Å². The molecule has 1 aromatic heterocycles. The maximum Gasteiger partial charge on any atom is 0.344 e. The van der Waals surface area contributed by atoms with Crippen molar-refractivity contribution in [2.24, 2.45) is 0 Å². The van der Waals surface area contributed by atoms with Gasteiger partial charge in [0.2, 0.25) is 0 Å². The molecule has 0 radical (unpaired) electrons. The SMILES string of the molecule is CC(C)(C)OC(=O)c1cocc1N. The van der Waals surface area contributed by atoms with Crippen LogP contribution in [0.5, 0.6) is 0 Å². The van der Waals surface area contributed by atoms with E-state index in [0.29, 0.717) is 5.69 Å². The van der Waals surface area contributed by atoms with Crippen LogP contribution in [-0.2, 0) is 4.74 Å². The average molecular weight is 183 g/mol. The lowest BCUT2D eigenvalue weighted by molar-refractivity contribution is 0.00700. The first kappa shape index (κ1) is 9.64. The highest BCUT2D eigenvalue weighted by molar-refractivity contribution is 5.94. The maximum atomic E-state index is 11.4. The van der Waals surface area contributed by atoms with E-state index < -0.39 is 11.6 Å². The van der Waals surface area contributed by atoms with Crippen molar-refractivity contribution in [2.45, 2.75) is 26.4 Å². The lowest BCUT2D eigenvalue weighted by Gasteiger charge is -2.18. The molecule has 0 unspecified atom stereocenters. The number of nitrogens with two attached hydrogens (primary N) is 1. The van der Waals surface area contributed by atoms with Gasteiger partial charge in [-0.25, -0.2) is 4.79 Å². The van der Waals surface area contributed by atoms with Crippen LogP contribution in [0.15, 0.2) is 16.9 Å². The number of carbonyl (C=O) groups excluding carboxylic acids is 1. The van der Waals surface area contributed by atoms with Crippen LogP contribution in [0.1, 0.15) is 31.1 Å². The standard InChI is InChI=1S/C9H13NO3/c1-9(2,3)13-8(11)6-4-12-5-7(6)10/h4-5H,10H2,1-3H3. The first-order valence-corrected chi connectivity index (χ1v) is 3.95. The van der Waals surface area contributed by atoms with Crippen molar-refractivity contribution < 1.29 is 13.9 Å². The van der Waals surface area contributed by atoms with Gasteiger partial charge in [-0.15, -0.1) is 0 Å². The molecule has 0 saturated heterocycles. The van der Waals surface area contributed by atoms with Crippen LogP contribution in [0.25, 0.3) is 0 Å². The molecular formula is C9H13NO3. The Morgan fingerprint density at radius 1 is 1.46 bits per heavy atom. The van der Waals surface area contributed by atoms with Crippen LogP contribution in [0.2, 0.25) is 0 Å². The molecule has 4 nitrogen and oxygen atoms in total. The summed E-state index contributed by atoms with van der Waals surface area (Å²) in [6.45, 7) is 5.38. The Balaban J connectivity index is 2.76. The van der Waals surface area contributed by atoms with Gasteiger partial charge in [0, 0.05) is 0 Å². The Hall–Kier alpha value is -1.45. The summed E-state index contributed by atoms with van der Waals surface area (Å²) < 4.78 is 9.84. The predicted molar refractivity (Wildman–Crippen MR) is 48.3 cm³/mol. The molecule has 72 valence electrons. The third kappa shape index (κ3) is 2.50. The van der Waals surface area contributed by atoms with Crippen LogP contribution in [0, 0.1) is 0 Å². The highest BCUT2D eigenvalue weighted by atomic mass is 16.6. The molecule has 0 fully saturated rings. The van der Waals surface area contributed by atoms with E-state index in [0.717, 1.165) is 0 Å². The molecule has 0 aromatic carbocycles. The van der Waals surface area contributed by atoms with Gasteiger partial charge >= 0.3 is 5.97 Å². The second-order valence-corrected chi connectivity index (χ2v) is 3.74. The van der Waals surface area contributed by atoms with Gasteiger partial charge < -0.3 is 14.9 Å². The van der Waals surface area contributed by atoms with Crippen LogP contribution in [-0.4, -0.2) is 11.6 Å². The summed E-state index contributed by atoms with van der Waals surface area (Å²) in [6, 6.07) is 0. The van der Waals surface area contributed by atoms with Gasteiger partial charge in [-0.05, 0) is 20.8 Å². The minimum atomic E-state index is -0.513. The van der Waals surface area contributed by atoms with Gasteiger partial charge in [0.25, 0.3) is 0 Å². The van der Waals surface area contributed by atoms with E-state index in [2.05, 4.69) is 0 Å². The van der Waals surface area contributed by atoms with Crippen molar-refractivity contribution in [1.82, 2.24) is 0 Å². The van der Waals surface area contributed by atoms with E-state index in [1.54, 1.807) is 20.8 Å². The molecule has 0 amide bonds. The fourth-order valence-corrected chi connectivity index (χ4v) is 0.806. The first-order chi connectivity index (χ1) is 5.90. The van der Waals surface area contributed by atoms with Crippen molar-refractivity contribution in [3.63, 3.8) is 0 Å². The summed E-state index contributed by atoms with van der Waals surface area (Å²) >= 11 is 0. The first-order valence-electron chi connectivity index (χ1n) is 3.95. The molecule has 1 heterocycles. The monoisotopic (exact) mass is 183 g/mol. The predicted octanol–water partition coefficient (Wildman–Crippen LogP) is 1.82. The molecule has 2 N–H and O–H groups in total. The third-order valence-electron chi connectivity index (χ3n) is 1.31. The Kier molecular flexibility index (Phi) is 2.32. The van der Waals surface area contributed by atoms with Crippen molar-refractivity contribution in [3.8, 4) is 0 Å².